The average Bonchev–Trinajstić information content (AvgIpc) is 3.24. The van der Waals surface area contributed by atoms with Crippen molar-refractivity contribution in [1.29, 1.82) is 0 Å². The van der Waals surface area contributed by atoms with Gasteiger partial charge in [0.2, 0.25) is 0 Å². The maximum Gasteiger partial charge on any atom is 0.258 e. The topological polar surface area (TPSA) is 42.0 Å². The normalized spacial score (nSPS) is 16.8. The lowest BCUT2D eigenvalue weighted by Crippen LogP contribution is -2.16. The van der Waals surface area contributed by atoms with E-state index in [4.69, 9.17) is 0 Å². The quantitative estimate of drug-likeness (QED) is 0.749. The molecule has 0 saturated heterocycles. The van der Waals surface area contributed by atoms with Crippen molar-refractivity contribution in [3.05, 3.63) is 68.9 Å². The van der Waals surface area contributed by atoms with Gasteiger partial charge in [-0.3, -0.25) is 10.1 Å². The SMILES string of the molecule is O=C(Nc1nccs1)c1csc2c1CCC(c1ccccc1)C2. The molecule has 4 rings (SSSR count). The molecule has 0 fully saturated rings. The van der Waals surface area contributed by atoms with Gasteiger partial charge in [-0.15, -0.1) is 22.7 Å². The Morgan fingerprint density at radius 2 is 2.09 bits per heavy atom. The van der Waals surface area contributed by atoms with E-state index in [2.05, 4.69) is 40.6 Å². The Morgan fingerprint density at radius 3 is 2.87 bits per heavy atom. The van der Waals surface area contributed by atoms with E-state index in [0.717, 1.165) is 24.8 Å². The second-order valence-corrected chi connectivity index (χ2v) is 7.55. The largest absolute Gasteiger partial charge is 0.298 e. The van der Waals surface area contributed by atoms with Gasteiger partial charge in [-0.2, -0.15) is 0 Å². The number of carbonyl (C=O) groups excluding carboxylic acids is 1. The summed E-state index contributed by atoms with van der Waals surface area (Å²) >= 11 is 3.16. The predicted molar refractivity (Wildman–Crippen MR) is 95.6 cm³/mol. The number of thiazole rings is 1. The van der Waals surface area contributed by atoms with Gasteiger partial charge >= 0.3 is 0 Å². The standard InChI is InChI=1S/C18H16N2OS2/c21-17(20-18-19-8-9-22-18)15-11-23-16-10-13(6-7-14(15)16)12-4-2-1-3-5-12/h1-5,8-9,11,13H,6-7,10H2,(H,19,20,21). The highest BCUT2D eigenvalue weighted by molar-refractivity contribution is 7.13. The molecule has 0 aliphatic heterocycles. The van der Waals surface area contributed by atoms with Gasteiger partial charge in [-0.05, 0) is 36.3 Å². The molecule has 2 aromatic heterocycles. The van der Waals surface area contributed by atoms with Crippen LogP contribution in [0.25, 0.3) is 0 Å². The zero-order valence-corrected chi connectivity index (χ0v) is 14.1. The highest BCUT2D eigenvalue weighted by atomic mass is 32.1. The lowest BCUT2D eigenvalue weighted by atomic mass is 9.83. The summed E-state index contributed by atoms with van der Waals surface area (Å²) < 4.78 is 0. The molecular formula is C18H16N2OS2. The van der Waals surface area contributed by atoms with E-state index in [1.807, 2.05) is 10.8 Å². The lowest BCUT2D eigenvalue weighted by Gasteiger charge is -2.23. The monoisotopic (exact) mass is 340 g/mol. The summed E-state index contributed by atoms with van der Waals surface area (Å²) in [5.74, 6) is 0.535. The van der Waals surface area contributed by atoms with E-state index in [1.165, 1.54) is 27.3 Å². The highest BCUT2D eigenvalue weighted by Crippen LogP contribution is 2.37. The molecule has 5 heteroatoms. The number of amides is 1. The fourth-order valence-corrected chi connectivity index (χ4v) is 4.85. The number of aromatic nitrogens is 1. The van der Waals surface area contributed by atoms with Crippen LogP contribution in [-0.2, 0) is 12.8 Å². The van der Waals surface area contributed by atoms with Gasteiger partial charge in [-0.25, -0.2) is 4.98 Å². The first-order chi connectivity index (χ1) is 11.3. The van der Waals surface area contributed by atoms with Crippen molar-refractivity contribution in [3.8, 4) is 0 Å². The van der Waals surface area contributed by atoms with Crippen molar-refractivity contribution in [3.63, 3.8) is 0 Å². The van der Waals surface area contributed by atoms with Crippen LogP contribution in [0.5, 0.6) is 0 Å². The zero-order valence-electron chi connectivity index (χ0n) is 12.5. The first-order valence-electron chi connectivity index (χ1n) is 7.66. The number of nitrogens with zero attached hydrogens (tertiary/aromatic N) is 1. The van der Waals surface area contributed by atoms with Gasteiger partial charge in [0, 0.05) is 21.8 Å². The van der Waals surface area contributed by atoms with Gasteiger partial charge in [0.05, 0.1) is 5.56 Å². The molecule has 1 aromatic carbocycles. The molecule has 1 N–H and O–H groups in total. The van der Waals surface area contributed by atoms with Gasteiger partial charge in [0.15, 0.2) is 5.13 Å². The van der Waals surface area contributed by atoms with E-state index < -0.39 is 0 Å². The van der Waals surface area contributed by atoms with Crippen molar-refractivity contribution in [1.82, 2.24) is 4.98 Å². The third kappa shape index (κ3) is 2.94. The number of hydrogen-bond donors (Lipinski definition) is 1. The first kappa shape index (κ1) is 14.6. The van der Waals surface area contributed by atoms with E-state index in [1.54, 1.807) is 17.5 Å². The fourth-order valence-electron chi connectivity index (χ4n) is 3.16. The van der Waals surface area contributed by atoms with Crippen LogP contribution >= 0.6 is 22.7 Å². The first-order valence-corrected chi connectivity index (χ1v) is 9.42. The number of anilines is 1. The Labute approximate surface area is 143 Å². The number of thiophene rings is 1. The third-order valence-electron chi connectivity index (χ3n) is 4.32. The van der Waals surface area contributed by atoms with Crippen molar-refractivity contribution in [2.24, 2.45) is 0 Å². The summed E-state index contributed by atoms with van der Waals surface area (Å²) in [6.45, 7) is 0. The number of benzene rings is 1. The molecule has 116 valence electrons. The smallest absolute Gasteiger partial charge is 0.258 e. The minimum atomic E-state index is -0.0318. The number of fused-ring (bicyclic) bond motifs is 1. The molecule has 3 nitrogen and oxygen atoms in total. The minimum Gasteiger partial charge on any atom is -0.298 e. The molecule has 1 unspecified atom stereocenters. The summed E-state index contributed by atoms with van der Waals surface area (Å²) in [6.07, 6.45) is 4.81. The molecule has 23 heavy (non-hydrogen) atoms. The Hall–Kier alpha value is -1.98. The zero-order chi connectivity index (χ0) is 15.6. The van der Waals surface area contributed by atoms with Crippen molar-refractivity contribution < 1.29 is 4.79 Å². The summed E-state index contributed by atoms with van der Waals surface area (Å²) in [6, 6.07) is 10.7. The van der Waals surface area contributed by atoms with Crippen LogP contribution < -0.4 is 5.32 Å². The average molecular weight is 340 g/mol. The van der Waals surface area contributed by atoms with E-state index in [9.17, 15) is 4.79 Å². The molecule has 1 aliphatic carbocycles. The number of carbonyl (C=O) groups is 1. The summed E-state index contributed by atoms with van der Waals surface area (Å²) in [5.41, 5.74) is 3.46. The molecule has 3 aromatic rings. The predicted octanol–water partition coefficient (Wildman–Crippen LogP) is 4.73. The van der Waals surface area contributed by atoms with Crippen molar-refractivity contribution >= 4 is 33.7 Å². The van der Waals surface area contributed by atoms with Gasteiger partial charge in [-0.1, -0.05) is 30.3 Å². The Bertz CT molecular complexity index is 809. The molecular weight excluding hydrogens is 324 g/mol. The molecule has 0 radical (unpaired) electrons. The van der Waals surface area contributed by atoms with Crippen molar-refractivity contribution in [2.45, 2.75) is 25.2 Å². The Balaban J connectivity index is 1.54. The highest BCUT2D eigenvalue weighted by Gasteiger charge is 2.26. The van der Waals surface area contributed by atoms with Gasteiger partial charge in [0.1, 0.15) is 0 Å². The second-order valence-electron chi connectivity index (χ2n) is 5.69. The van der Waals surface area contributed by atoms with Crippen molar-refractivity contribution in [2.75, 3.05) is 5.32 Å². The van der Waals surface area contributed by atoms with Crippen LogP contribution in [0.15, 0.2) is 47.3 Å². The number of hydrogen-bond acceptors (Lipinski definition) is 4. The lowest BCUT2D eigenvalue weighted by molar-refractivity contribution is 0.102. The number of rotatable bonds is 3. The summed E-state index contributed by atoms with van der Waals surface area (Å²) in [5, 5.41) is 7.42. The Kier molecular flexibility index (Phi) is 3.97. The Morgan fingerprint density at radius 1 is 1.22 bits per heavy atom. The molecule has 1 amide bonds. The molecule has 2 heterocycles. The minimum absolute atomic E-state index is 0.0318. The van der Waals surface area contributed by atoms with Crippen LogP contribution in [0.4, 0.5) is 5.13 Å². The van der Waals surface area contributed by atoms with Gasteiger partial charge < -0.3 is 0 Å². The third-order valence-corrected chi connectivity index (χ3v) is 6.06. The molecule has 1 aliphatic rings. The van der Waals surface area contributed by atoms with Crippen LogP contribution in [-0.4, -0.2) is 10.9 Å². The van der Waals surface area contributed by atoms with E-state index in [0.29, 0.717) is 11.0 Å². The van der Waals surface area contributed by atoms with Crippen LogP contribution in [0, 0.1) is 0 Å². The molecule has 0 bridgehead atoms. The fraction of sp³-hybridized carbons (Fsp3) is 0.222. The molecule has 0 saturated carbocycles. The maximum absolute atomic E-state index is 12.5. The summed E-state index contributed by atoms with van der Waals surface area (Å²) in [7, 11) is 0. The van der Waals surface area contributed by atoms with E-state index >= 15 is 0 Å². The second kappa shape index (κ2) is 6.26. The molecule has 1 atom stereocenters. The maximum atomic E-state index is 12.5. The van der Waals surface area contributed by atoms with Crippen LogP contribution in [0.3, 0.4) is 0 Å². The van der Waals surface area contributed by atoms with E-state index in [-0.39, 0.29) is 5.91 Å². The molecule has 0 spiro atoms. The number of nitrogens with one attached hydrogen (secondary N) is 1. The van der Waals surface area contributed by atoms with Crippen LogP contribution in [0.2, 0.25) is 0 Å². The summed E-state index contributed by atoms with van der Waals surface area (Å²) in [4.78, 5) is 17.9. The van der Waals surface area contributed by atoms with Crippen LogP contribution in [0.1, 0.15) is 38.7 Å². The van der Waals surface area contributed by atoms with Gasteiger partial charge in [0.25, 0.3) is 5.91 Å².